The van der Waals surface area contributed by atoms with Gasteiger partial charge in [-0.2, -0.15) is 0 Å². The predicted octanol–water partition coefficient (Wildman–Crippen LogP) is 1.26. The third-order valence-electron chi connectivity index (χ3n) is 3.03. The van der Waals surface area contributed by atoms with Gasteiger partial charge >= 0.3 is 5.97 Å². The van der Waals surface area contributed by atoms with Crippen molar-refractivity contribution in [1.29, 1.82) is 0 Å². The van der Waals surface area contributed by atoms with Gasteiger partial charge in [-0.05, 0) is 18.2 Å². The molecule has 2 rings (SSSR count). The van der Waals surface area contributed by atoms with Crippen LogP contribution >= 0.6 is 0 Å². The lowest BCUT2D eigenvalue weighted by atomic mass is 10.0. The lowest BCUT2D eigenvalue weighted by Gasteiger charge is -2.20. The largest absolute Gasteiger partial charge is 0.486 e. The monoisotopic (exact) mass is 291 g/mol. The van der Waals surface area contributed by atoms with Gasteiger partial charge in [0.1, 0.15) is 13.2 Å². The first-order chi connectivity index (χ1) is 10.1. The molecule has 112 valence electrons. The fraction of sp³-hybridized carbons (Fsp3) is 0.333. The van der Waals surface area contributed by atoms with Crippen molar-refractivity contribution in [2.45, 2.75) is 12.5 Å². The molecular formula is C15H17NO5. The van der Waals surface area contributed by atoms with Crippen molar-refractivity contribution in [3.05, 3.63) is 36.4 Å². The number of hydrogen-bond donors (Lipinski definition) is 2. The van der Waals surface area contributed by atoms with E-state index in [1.54, 1.807) is 24.3 Å². The summed E-state index contributed by atoms with van der Waals surface area (Å²) in [6, 6.07) is 4.05. The van der Waals surface area contributed by atoms with Crippen molar-refractivity contribution in [2.75, 3.05) is 19.8 Å². The van der Waals surface area contributed by atoms with Crippen LogP contribution in [0, 0.1) is 0 Å². The highest BCUT2D eigenvalue weighted by molar-refractivity contribution is 6.02. The number of carboxylic acid groups (broad SMARTS) is 1. The molecule has 0 amide bonds. The third-order valence-corrected chi connectivity index (χ3v) is 3.03. The van der Waals surface area contributed by atoms with Crippen LogP contribution in [0.1, 0.15) is 16.8 Å². The van der Waals surface area contributed by atoms with Crippen molar-refractivity contribution in [3.8, 4) is 11.5 Å². The number of ether oxygens (including phenoxy) is 2. The highest BCUT2D eigenvalue weighted by atomic mass is 16.6. The maximum atomic E-state index is 12.4. The molecule has 1 unspecified atom stereocenters. The molecule has 0 radical (unpaired) electrons. The summed E-state index contributed by atoms with van der Waals surface area (Å²) in [4.78, 5) is 23.3. The maximum absolute atomic E-state index is 12.4. The van der Waals surface area contributed by atoms with Gasteiger partial charge in [-0.3, -0.25) is 9.59 Å². The summed E-state index contributed by atoms with van der Waals surface area (Å²) in [5.74, 6) is -0.241. The molecule has 2 N–H and O–H groups in total. The summed E-state index contributed by atoms with van der Waals surface area (Å²) in [7, 11) is 0. The van der Waals surface area contributed by atoms with Crippen LogP contribution in [0.3, 0.4) is 0 Å². The molecule has 1 aromatic rings. The van der Waals surface area contributed by atoms with E-state index in [0.29, 0.717) is 36.8 Å². The Bertz CT molecular complexity index is 555. The molecule has 0 aromatic heterocycles. The molecule has 0 saturated carbocycles. The summed E-state index contributed by atoms with van der Waals surface area (Å²) < 4.78 is 10.8. The van der Waals surface area contributed by atoms with Crippen molar-refractivity contribution in [1.82, 2.24) is 5.32 Å². The number of rotatable bonds is 7. The van der Waals surface area contributed by atoms with Crippen LogP contribution in [0.2, 0.25) is 0 Å². The number of carbonyl (C=O) groups excluding carboxylic acids is 1. The number of benzene rings is 1. The molecule has 0 aliphatic carbocycles. The quantitative estimate of drug-likeness (QED) is 0.581. The van der Waals surface area contributed by atoms with Crippen molar-refractivity contribution in [2.24, 2.45) is 0 Å². The minimum atomic E-state index is -1.04. The molecule has 1 aliphatic heterocycles. The molecule has 1 heterocycles. The van der Waals surface area contributed by atoms with E-state index in [1.807, 2.05) is 0 Å². The molecule has 6 heteroatoms. The smallest absolute Gasteiger partial charge is 0.305 e. The first-order valence-electron chi connectivity index (χ1n) is 6.61. The van der Waals surface area contributed by atoms with Crippen LogP contribution < -0.4 is 14.8 Å². The minimum Gasteiger partial charge on any atom is -0.486 e. The average Bonchev–Trinajstić information content (AvgIpc) is 2.50. The topological polar surface area (TPSA) is 84.9 Å². The van der Waals surface area contributed by atoms with Crippen molar-refractivity contribution >= 4 is 11.8 Å². The summed E-state index contributed by atoms with van der Waals surface area (Å²) in [6.45, 7) is 4.80. The number of aliphatic carboxylic acids is 1. The van der Waals surface area contributed by atoms with Gasteiger partial charge in [0.05, 0.1) is 12.5 Å². The van der Waals surface area contributed by atoms with Crippen LogP contribution in [0.5, 0.6) is 11.5 Å². The van der Waals surface area contributed by atoms with Crippen LogP contribution in [-0.4, -0.2) is 42.7 Å². The number of ketones is 1. The lowest BCUT2D eigenvalue weighted by Crippen LogP contribution is -2.38. The van der Waals surface area contributed by atoms with E-state index in [-0.39, 0.29) is 12.2 Å². The lowest BCUT2D eigenvalue weighted by molar-refractivity contribution is -0.137. The molecule has 21 heavy (non-hydrogen) atoms. The molecule has 6 nitrogen and oxygen atoms in total. The van der Waals surface area contributed by atoms with E-state index in [4.69, 9.17) is 14.6 Å². The summed E-state index contributed by atoms with van der Waals surface area (Å²) in [5, 5.41) is 11.8. The fourth-order valence-corrected chi connectivity index (χ4v) is 2.06. The van der Waals surface area contributed by atoms with Crippen LogP contribution in [0.25, 0.3) is 0 Å². The summed E-state index contributed by atoms with van der Waals surface area (Å²) in [5.41, 5.74) is 0.391. The number of fused-ring (bicyclic) bond motifs is 1. The van der Waals surface area contributed by atoms with Crippen molar-refractivity contribution < 1.29 is 24.2 Å². The Balaban J connectivity index is 2.18. The second-order valence-corrected chi connectivity index (χ2v) is 4.57. The Labute approximate surface area is 122 Å². The average molecular weight is 291 g/mol. The summed E-state index contributed by atoms with van der Waals surface area (Å²) >= 11 is 0. The van der Waals surface area contributed by atoms with Gasteiger partial charge in [-0.25, -0.2) is 0 Å². The molecule has 1 aromatic carbocycles. The maximum Gasteiger partial charge on any atom is 0.305 e. The van der Waals surface area contributed by atoms with Gasteiger partial charge in [-0.15, -0.1) is 6.58 Å². The predicted molar refractivity (Wildman–Crippen MR) is 76.0 cm³/mol. The highest BCUT2D eigenvalue weighted by Gasteiger charge is 2.24. The third kappa shape index (κ3) is 3.82. The number of carboxylic acids is 1. The molecule has 0 spiro atoms. The molecular weight excluding hydrogens is 274 g/mol. The molecule has 1 atom stereocenters. The molecule has 1 aliphatic rings. The van der Waals surface area contributed by atoms with Gasteiger partial charge in [0, 0.05) is 12.1 Å². The van der Waals surface area contributed by atoms with Gasteiger partial charge in [0.25, 0.3) is 0 Å². The summed E-state index contributed by atoms with van der Waals surface area (Å²) in [6.07, 6.45) is 1.28. The van der Waals surface area contributed by atoms with Gasteiger partial charge < -0.3 is 19.9 Å². The minimum absolute atomic E-state index is 0.291. The standard InChI is InChI=1S/C15H17NO5/c1-2-5-16-11(9-14(17)18)15(19)10-3-4-12-13(8-10)21-7-6-20-12/h2-4,8,11,16H,1,5-7,9H2,(H,17,18). The number of Topliss-reactive ketones (excluding diaryl/α,β-unsaturated/α-hetero) is 1. The Hall–Kier alpha value is -2.34. The van der Waals surface area contributed by atoms with E-state index in [0.717, 1.165) is 0 Å². The molecule has 0 bridgehead atoms. The SMILES string of the molecule is C=CCNC(CC(=O)O)C(=O)c1ccc2c(c1)OCCO2. The van der Waals surface area contributed by atoms with Crippen molar-refractivity contribution in [3.63, 3.8) is 0 Å². The number of carbonyl (C=O) groups is 2. The van der Waals surface area contributed by atoms with Gasteiger partial charge in [-0.1, -0.05) is 6.08 Å². The van der Waals surface area contributed by atoms with Crippen LogP contribution in [0.15, 0.2) is 30.9 Å². The zero-order valence-corrected chi connectivity index (χ0v) is 11.5. The van der Waals surface area contributed by atoms with Crippen LogP contribution in [-0.2, 0) is 4.79 Å². The Morgan fingerprint density at radius 2 is 2.05 bits per heavy atom. The molecule has 0 saturated heterocycles. The first-order valence-corrected chi connectivity index (χ1v) is 6.61. The van der Waals surface area contributed by atoms with E-state index < -0.39 is 12.0 Å². The van der Waals surface area contributed by atoms with E-state index in [9.17, 15) is 9.59 Å². The Morgan fingerprint density at radius 1 is 1.33 bits per heavy atom. The Kier molecular flexibility index (Phi) is 4.94. The van der Waals surface area contributed by atoms with E-state index in [2.05, 4.69) is 11.9 Å². The second kappa shape index (κ2) is 6.90. The second-order valence-electron chi connectivity index (χ2n) is 4.57. The normalized spacial score (nSPS) is 14.3. The van der Waals surface area contributed by atoms with Crippen LogP contribution in [0.4, 0.5) is 0 Å². The molecule has 0 fully saturated rings. The first kappa shape index (κ1) is 15.1. The van der Waals surface area contributed by atoms with Gasteiger partial charge in [0.15, 0.2) is 17.3 Å². The zero-order chi connectivity index (χ0) is 15.2. The van der Waals surface area contributed by atoms with E-state index in [1.165, 1.54) is 0 Å². The van der Waals surface area contributed by atoms with Gasteiger partial charge in [0.2, 0.25) is 0 Å². The highest BCUT2D eigenvalue weighted by Crippen LogP contribution is 2.31. The fourth-order valence-electron chi connectivity index (χ4n) is 2.06. The Morgan fingerprint density at radius 3 is 2.71 bits per heavy atom. The van der Waals surface area contributed by atoms with E-state index >= 15 is 0 Å². The zero-order valence-electron chi connectivity index (χ0n) is 11.5. The number of nitrogens with one attached hydrogen (secondary N) is 1. The number of hydrogen-bond acceptors (Lipinski definition) is 5.